The quantitative estimate of drug-likeness (QED) is 0.0222. The molecule has 0 spiro atoms. The van der Waals surface area contributed by atoms with E-state index in [0.717, 1.165) is 120 Å². The molecule has 0 aliphatic heterocycles. The number of rotatable bonds is 74. The first-order valence-corrected chi connectivity index (χ1v) is 42.7. The second-order valence-electron chi connectivity index (χ2n) is 29.4. The minimum absolute atomic E-state index is 0.106. The van der Waals surface area contributed by atoms with Gasteiger partial charge in [-0.1, -0.05) is 338 Å². The minimum Gasteiger partial charge on any atom is -0.462 e. The number of carbonyl (C=O) groups excluding carboxylic acids is 4. The predicted molar refractivity (Wildman–Crippen MR) is 391 cm³/mol. The third kappa shape index (κ3) is 69.2. The first kappa shape index (κ1) is 94.1. The van der Waals surface area contributed by atoms with E-state index in [1.807, 2.05) is 0 Å². The average molecular weight is 1410 g/mol. The van der Waals surface area contributed by atoms with Crippen LogP contribution in [0.15, 0.2) is 0 Å². The zero-order valence-corrected chi connectivity index (χ0v) is 64.8. The van der Waals surface area contributed by atoms with Gasteiger partial charge in [0, 0.05) is 25.7 Å². The number of unbranched alkanes of at least 4 members (excludes halogenated alkanes) is 39. The normalized spacial score (nSPS) is 14.4. The lowest BCUT2D eigenvalue weighted by Gasteiger charge is -2.21. The summed E-state index contributed by atoms with van der Waals surface area (Å²) in [4.78, 5) is 72.8. The van der Waals surface area contributed by atoms with Gasteiger partial charge in [0.05, 0.1) is 26.4 Å². The maximum atomic E-state index is 13.1. The number of phosphoric acid groups is 2. The topological polar surface area (TPSA) is 237 Å². The van der Waals surface area contributed by atoms with Gasteiger partial charge in [-0.2, -0.15) is 0 Å². The summed E-state index contributed by atoms with van der Waals surface area (Å²) in [6.45, 7) is 14.1. The van der Waals surface area contributed by atoms with Crippen LogP contribution < -0.4 is 0 Å². The average Bonchev–Trinajstić information content (AvgIpc) is 1.09. The molecule has 17 nitrogen and oxygen atoms in total. The molecule has 0 radical (unpaired) electrons. The van der Waals surface area contributed by atoms with Crippen molar-refractivity contribution in [2.75, 3.05) is 39.6 Å². The Morgan fingerprint density at radius 2 is 0.500 bits per heavy atom. The Balaban J connectivity index is 5.18. The molecule has 0 aromatic heterocycles. The van der Waals surface area contributed by atoms with Crippen LogP contribution in [0, 0.1) is 23.7 Å². The predicted octanol–water partition coefficient (Wildman–Crippen LogP) is 22.4. The van der Waals surface area contributed by atoms with Crippen molar-refractivity contribution in [3.05, 3.63) is 0 Å². The third-order valence-electron chi connectivity index (χ3n) is 18.2. The molecule has 0 aliphatic rings. The molecule has 0 amide bonds. The van der Waals surface area contributed by atoms with Crippen LogP contribution in [0.25, 0.3) is 0 Å². The fourth-order valence-corrected chi connectivity index (χ4v) is 13.3. The molecule has 3 N–H and O–H groups in total. The highest BCUT2D eigenvalue weighted by molar-refractivity contribution is 7.47. The van der Waals surface area contributed by atoms with Crippen molar-refractivity contribution in [3.63, 3.8) is 0 Å². The Bertz CT molecular complexity index is 1890. The molecule has 0 saturated carbocycles. The molecule has 19 heteroatoms. The zero-order chi connectivity index (χ0) is 71.0. The molecular weight excluding hydrogens is 1260 g/mol. The molecule has 0 aromatic carbocycles. The van der Waals surface area contributed by atoms with E-state index in [-0.39, 0.29) is 25.7 Å². The number of carbonyl (C=O) groups is 4. The Hall–Kier alpha value is -1.94. The van der Waals surface area contributed by atoms with Crippen molar-refractivity contribution < 1.29 is 80.2 Å². The molecule has 0 aliphatic carbocycles. The van der Waals surface area contributed by atoms with Crippen molar-refractivity contribution in [2.45, 2.75) is 408 Å². The van der Waals surface area contributed by atoms with Gasteiger partial charge < -0.3 is 33.8 Å². The molecule has 6 atom stereocenters. The van der Waals surface area contributed by atoms with Crippen LogP contribution >= 0.6 is 15.6 Å². The maximum absolute atomic E-state index is 13.1. The summed E-state index contributed by atoms with van der Waals surface area (Å²) in [5.41, 5.74) is 0. The Kier molecular flexibility index (Phi) is 65.0. The van der Waals surface area contributed by atoms with Gasteiger partial charge in [0.2, 0.25) is 0 Å². The lowest BCUT2D eigenvalue weighted by Crippen LogP contribution is -2.30. The Labute approximate surface area is 588 Å². The van der Waals surface area contributed by atoms with E-state index >= 15 is 0 Å². The fraction of sp³-hybridized carbons (Fsp3) is 0.948. The van der Waals surface area contributed by atoms with Crippen LogP contribution in [0.3, 0.4) is 0 Å². The van der Waals surface area contributed by atoms with E-state index in [1.165, 1.54) is 180 Å². The van der Waals surface area contributed by atoms with Crippen LogP contribution in [0.4, 0.5) is 0 Å². The third-order valence-corrected chi connectivity index (χ3v) is 20.1. The number of ether oxygens (including phenoxy) is 4. The van der Waals surface area contributed by atoms with E-state index in [1.54, 1.807) is 0 Å². The summed E-state index contributed by atoms with van der Waals surface area (Å²) in [6.07, 6.45) is 51.6. The van der Waals surface area contributed by atoms with Gasteiger partial charge in [0.1, 0.15) is 19.3 Å². The first-order valence-electron chi connectivity index (χ1n) is 39.7. The molecule has 570 valence electrons. The maximum Gasteiger partial charge on any atom is 0.472 e. The van der Waals surface area contributed by atoms with Crippen molar-refractivity contribution in [3.8, 4) is 0 Å². The van der Waals surface area contributed by atoms with Crippen LogP contribution in [0.2, 0.25) is 0 Å². The standard InChI is InChI=1S/C77H150O17P2/c1-9-70(8)56-48-40-34-36-42-50-58-75(80)88-64-73(94-77(82)60-52-44-32-28-24-20-16-12-14-18-22-26-30-38-46-54-68(4)5)66-92-96(85,86)90-62-71(78)61-89-95(83,84)91-65-72(63-87-74(79)57-49-41-35-33-39-47-55-69(6)7)93-76(81)59-51-43-31-27-23-19-15-11-10-13-17-21-25-29-37-45-53-67(2)3/h67-73,78H,9-66H2,1-8H3,(H,83,84)(H,85,86)/t70?,71-,72-,73-/m1/s1. The van der Waals surface area contributed by atoms with Crippen molar-refractivity contribution in [1.29, 1.82) is 0 Å². The van der Waals surface area contributed by atoms with E-state index in [4.69, 9.17) is 37.0 Å². The number of esters is 4. The summed E-state index contributed by atoms with van der Waals surface area (Å²) in [6, 6.07) is 0. The molecule has 0 rings (SSSR count). The van der Waals surface area contributed by atoms with Gasteiger partial charge in [-0.15, -0.1) is 0 Å². The molecular formula is C77H150O17P2. The fourth-order valence-electron chi connectivity index (χ4n) is 11.7. The second-order valence-corrected chi connectivity index (χ2v) is 32.3. The molecule has 0 fully saturated rings. The molecule has 0 saturated heterocycles. The lowest BCUT2D eigenvalue weighted by atomic mass is 10.00. The molecule has 0 bridgehead atoms. The van der Waals surface area contributed by atoms with E-state index < -0.39 is 97.5 Å². The van der Waals surface area contributed by atoms with Crippen molar-refractivity contribution in [1.82, 2.24) is 0 Å². The zero-order valence-electron chi connectivity index (χ0n) is 63.0. The lowest BCUT2D eigenvalue weighted by molar-refractivity contribution is -0.161. The van der Waals surface area contributed by atoms with Crippen LogP contribution in [-0.4, -0.2) is 96.7 Å². The SMILES string of the molecule is CCC(C)CCCCCCCCC(=O)OC[C@H](COP(=O)(O)OC[C@H](O)COP(=O)(O)OC[C@@H](COC(=O)CCCCCCCCC(C)C)OC(=O)CCCCCCCCCCCCCCCCCCC(C)C)OC(=O)CCCCCCCCCCCCCCCCCC(C)C. The highest BCUT2D eigenvalue weighted by atomic mass is 31.2. The van der Waals surface area contributed by atoms with Crippen molar-refractivity contribution >= 4 is 39.5 Å². The van der Waals surface area contributed by atoms with Crippen LogP contribution in [0.1, 0.15) is 389 Å². The van der Waals surface area contributed by atoms with E-state index in [2.05, 4.69) is 55.4 Å². The smallest absolute Gasteiger partial charge is 0.462 e. The summed E-state index contributed by atoms with van der Waals surface area (Å²) in [5.74, 6) is 0.899. The van der Waals surface area contributed by atoms with Gasteiger partial charge in [0.25, 0.3) is 0 Å². The summed E-state index contributed by atoms with van der Waals surface area (Å²) in [5, 5.41) is 10.6. The Morgan fingerprint density at radius 1 is 0.292 bits per heavy atom. The van der Waals surface area contributed by atoms with Crippen LogP contribution in [0.5, 0.6) is 0 Å². The number of aliphatic hydroxyl groups excluding tert-OH is 1. The summed E-state index contributed by atoms with van der Waals surface area (Å²) < 4.78 is 68.5. The van der Waals surface area contributed by atoms with Crippen LogP contribution in [-0.2, 0) is 65.4 Å². The largest absolute Gasteiger partial charge is 0.472 e. The monoisotopic (exact) mass is 1410 g/mol. The number of phosphoric ester groups is 2. The number of aliphatic hydroxyl groups is 1. The van der Waals surface area contributed by atoms with Gasteiger partial charge >= 0.3 is 39.5 Å². The number of hydrogen-bond acceptors (Lipinski definition) is 15. The van der Waals surface area contributed by atoms with Gasteiger partial charge in [-0.25, -0.2) is 9.13 Å². The molecule has 0 heterocycles. The number of hydrogen-bond donors (Lipinski definition) is 3. The summed E-state index contributed by atoms with van der Waals surface area (Å²) >= 11 is 0. The second kappa shape index (κ2) is 66.3. The highest BCUT2D eigenvalue weighted by Crippen LogP contribution is 2.45. The minimum atomic E-state index is -4.96. The van der Waals surface area contributed by atoms with Crippen molar-refractivity contribution in [2.24, 2.45) is 23.7 Å². The van der Waals surface area contributed by atoms with E-state index in [0.29, 0.717) is 31.6 Å². The van der Waals surface area contributed by atoms with Gasteiger partial charge in [0.15, 0.2) is 12.2 Å². The molecule has 96 heavy (non-hydrogen) atoms. The highest BCUT2D eigenvalue weighted by Gasteiger charge is 2.30. The van der Waals surface area contributed by atoms with Gasteiger partial charge in [-0.3, -0.25) is 37.3 Å². The summed E-state index contributed by atoms with van der Waals surface area (Å²) in [7, 11) is -9.91. The van der Waals surface area contributed by atoms with E-state index in [9.17, 15) is 43.2 Å². The Morgan fingerprint density at radius 3 is 0.740 bits per heavy atom. The molecule has 3 unspecified atom stereocenters. The first-order chi connectivity index (χ1) is 46.1. The van der Waals surface area contributed by atoms with Gasteiger partial charge in [-0.05, 0) is 49.4 Å². The molecule has 0 aromatic rings.